The lowest BCUT2D eigenvalue weighted by Crippen LogP contribution is -2.22. The van der Waals surface area contributed by atoms with Gasteiger partial charge in [-0.1, -0.05) is 49.6 Å². The molecule has 0 saturated heterocycles. The number of hydrogen-bond donors (Lipinski definition) is 1. The summed E-state index contributed by atoms with van der Waals surface area (Å²) >= 11 is 0. The monoisotopic (exact) mass is 270 g/mol. The highest BCUT2D eigenvalue weighted by Gasteiger charge is 2.64. The lowest BCUT2D eigenvalue weighted by molar-refractivity contribution is -0.123. The molecule has 20 heavy (non-hydrogen) atoms. The van der Waals surface area contributed by atoms with E-state index in [4.69, 9.17) is 0 Å². The minimum atomic E-state index is 0.0998. The van der Waals surface area contributed by atoms with Gasteiger partial charge in [0, 0.05) is 5.92 Å². The summed E-state index contributed by atoms with van der Waals surface area (Å²) in [6.45, 7) is 4.31. The second-order valence-electron chi connectivity index (χ2n) is 6.48. The highest BCUT2D eigenvalue weighted by atomic mass is 16.2. The molecule has 0 bridgehead atoms. The molecule has 2 aliphatic rings. The molecule has 0 heterocycles. The zero-order valence-corrected chi connectivity index (χ0v) is 12.2. The molecule has 0 radical (unpaired) electrons. The number of benzene rings is 1. The van der Waals surface area contributed by atoms with E-state index in [-0.39, 0.29) is 17.2 Å². The molecule has 1 aromatic rings. The summed E-state index contributed by atoms with van der Waals surface area (Å²) in [5, 5.41) is 4.10. The first-order chi connectivity index (χ1) is 9.61. The van der Waals surface area contributed by atoms with Crippen LogP contribution in [0.2, 0.25) is 0 Å². The second-order valence-corrected chi connectivity index (χ2v) is 6.48. The Morgan fingerprint density at radius 2 is 2.10 bits per heavy atom. The summed E-state index contributed by atoms with van der Waals surface area (Å²) in [6, 6.07) is 8.09. The molecule has 0 unspecified atom stereocenters. The third-order valence-corrected chi connectivity index (χ3v) is 5.08. The highest BCUT2D eigenvalue weighted by molar-refractivity contribution is 5.85. The average Bonchev–Trinajstić information content (AvgIpc) is 3.06. The van der Waals surface area contributed by atoms with E-state index in [1.165, 1.54) is 31.2 Å². The Kier molecular flexibility index (Phi) is 3.36. The molecule has 2 fully saturated rings. The molecule has 3 rings (SSSR count). The summed E-state index contributed by atoms with van der Waals surface area (Å²) in [5.74, 6) is 0.869. The van der Waals surface area contributed by atoms with Crippen molar-refractivity contribution in [2.24, 2.45) is 22.4 Å². The van der Waals surface area contributed by atoms with E-state index in [0.717, 1.165) is 5.56 Å². The maximum Gasteiger partial charge on any atom is 0.244 e. The Labute approximate surface area is 120 Å². The third-order valence-electron chi connectivity index (χ3n) is 5.08. The van der Waals surface area contributed by atoms with Crippen LogP contribution in [0.5, 0.6) is 0 Å². The van der Waals surface area contributed by atoms with Crippen molar-refractivity contribution in [1.29, 1.82) is 0 Å². The predicted molar refractivity (Wildman–Crippen MR) is 80.5 cm³/mol. The van der Waals surface area contributed by atoms with Crippen molar-refractivity contribution in [3.05, 3.63) is 35.4 Å². The summed E-state index contributed by atoms with van der Waals surface area (Å²) in [6.07, 6.45) is 6.65. The normalized spacial score (nSPS) is 31.9. The first-order valence-corrected chi connectivity index (χ1v) is 7.51. The molecule has 3 nitrogen and oxygen atoms in total. The maximum atomic E-state index is 12.2. The van der Waals surface area contributed by atoms with Crippen LogP contribution in [-0.4, -0.2) is 12.1 Å². The van der Waals surface area contributed by atoms with E-state index in [9.17, 15) is 4.79 Å². The Morgan fingerprint density at radius 1 is 1.35 bits per heavy atom. The van der Waals surface area contributed by atoms with Gasteiger partial charge in [0.15, 0.2) is 0 Å². The standard InChI is InChI=1S/C17H22N2O/c1-12-6-8-13(9-7-12)11-18-19-16(20)15-14-5-3-4-10-17(14,15)2/h6-9,11,14-15H,3-5,10H2,1-2H3,(H,19,20)/b18-11-/t14-,15+,17-/m1/s1. The van der Waals surface area contributed by atoms with Gasteiger partial charge >= 0.3 is 0 Å². The largest absolute Gasteiger partial charge is 0.273 e. The van der Waals surface area contributed by atoms with Crippen molar-refractivity contribution >= 4 is 12.1 Å². The fourth-order valence-corrected chi connectivity index (χ4v) is 3.74. The topological polar surface area (TPSA) is 41.5 Å². The van der Waals surface area contributed by atoms with Crippen molar-refractivity contribution in [1.82, 2.24) is 5.43 Å². The molecular formula is C17H22N2O. The fourth-order valence-electron chi connectivity index (χ4n) is 3.74. The molecule has 2 aliphatic carbocycles. The predicted octanol–water partition coefficient (Wildman–Crippen LogP) is 3.27. The van der Waals surface area contributed by atoms with Crippen LogP contribution in [0.4, 0.5) is 0 Å². The molecule has 2 saturated carbocycles. The van der Waals surface area contributed by atoms with E-state index >= 15 is 0 Å². The van der Waals surface area contributed by atoms with E-state index in [2.05, 4.69) is 24.4 Å². The van der Waals surface area contributed by atoms with Gasteiger partial charge in [0.05, 0.1) is 6.21 Å². The minimum Gasteiger partial charge on any atom is -0.273 e. The van der Waals surface area contributed by atoms with Crippen LogP contribution in [0, 0.1) is 24.2 Å². The van der Waals surface area contributed by atoms with E-state index < -0.39 is 0 Å². The molecule has 3 heteroatoms. The number of carbonyl (C=O) groups is 1. The van der Waals surface area contributed by atoms with E-state index in [1.807, 2.05) is 24.3 Å². The van der Waals surface area contributed by atoms with Gasteiger partial charge in [-0.15, -0.1) is 0 Å². The van der Waals surface area contributed by atoms with Crippen LogP contribution in [-0.2, 0) is 4.79 Å². The number of aryl methyl sites for hydroxylation is 1. The van der Waals surface area contributed by atoms with Gasteiger partial charge in [-0.05, 0) is 36.7 Å². The highest BCUT2D eigenvalue weighted by Crippen LogP contribution is 2.66. The molecule has 106 valence electrons. The molecule has 1 N–H and O–H groups in total. The zero-order valence-electron chi connectivity index (χ0n) is 12.2. The number of hydrogen-bond acceptors (Lipinski definition) is 2. The average molecular weight is 270 g/mol. The van der Waals surface area contributed by atoms with Crippen molar-refractivity contribution in [3.8, 4) is 0 Å². The van der Waals surface area contributed by atoms with Gasteiger partial charge in [0.1, 0.15) is 0 Å². The molecule has 0 spiro atoms. The van der Waals surface area contributed by atoms with Gasteiger partial charge < -0.3 is 0 Å². The number of fused-ring (bicyclic) bond motifs is 1. The van der Waals surface area contributed by atoms with Crippen LogP contribution < -0.4 is 5.43 Å². The maximum absolute atomic E-state index is 12.2. The summed E-state index contributed by atoms with van der Waals surface area (Å²) in [7, 11) is 0. The number of hydrazone groups is 1. The van der Waals surface area contributed by atoms with Crippen LogP contribution in [0.15, 0.2) is 29.4 Å². The molecule has 3 atom stereocenters. The van der Waals surface area contributed by atoms with E-state index in [0.29, 0.717) is 5.92 Å². The minimum absolute atomic E-state index is 0.0998. The van der Waals surface area contributed by atoms with Crippen molar-refractivity contribution in [2.45, 2.75) is 39.5 Å². The van der Waals surface area contributed by atoms with Crippen molar-refractivity contribution in [2.75, 3.05) is 0 Å². The molecule has 0 aliphatic heterocycles. The summed E-state index contributed by atoms with van der Waals surface area (Å²) in [4.78, 5) is 12.2. The number of nitrogens with one attached hydrogen (secondary N) is 1. The first-order valence-electron chi connectivity index (χ1n) is 7.51. The van der Waals surface area contributed by atoms with E-state index in [1.54, 1.807) is 6.21 Å². The van der Waals surface area contributed by atoms with Crippen molar-refractivity contribution in [3.63, 3.8) is 0 Å². The number of carbonyl (C=O) groups excluding carboxylic acids is 1. The number of amides is 1. The van der Waals surface area contributed by atoms with Crippen LogP contribution in [0.3, 0.4) is 0 Å². The van der Waals surface area contributed by atoms with Crippen LogP contribution >= 0.6 is 0 Å². The molecule has 1 aromatic carbocycles. The van der Waals surface area contributed by atoms with Crippen LogP contribution in [0.1, 0.15) is 43.7 Å². The smallest absolute Gasteiger partial charge is 0.244 e. The van der Waals surface area contributed by atoms with Gasteiger partial charge in [0.2, 0.25) is 5.91 Å². The first kappa shape index (κ1) is 13.3. The lowest BCUT2D eigenvalue weighted by Gasteiger charge is -2.15. The fraction of sp³-hybridized carbons (Fsp3) is 0.529. The molecule has 0 aromatic heterocycles. The Morgan fingerprint density at radius 3 is 2.75 bits per heavy atom. The lowest BCUT2D eigenvalue weighted by atomic mass is 9.90. The quantitative estimate of drug-likeness (QED) is 0.664. The molecule has 1 amide bonds. The van der Waals surface area contributed by atoms with Gasteiger partial charge in [-0.3, -0.25) is 4.79 Å². The Balaban J connectivity index is 1.56. The number of nitrogens with zero attached hydrogens (tertiary/aromatic N) is 1. The SMILES string of the molecule is Cc1ccc(/C=N\NC(=O)[C@@H]2[C@H]3CCCC[C@]32C)cc1. The molecular weight excluding hydrogens is 248 g/mol. The zero-order chi connectivity index (χ0) is 14.2. The number of rotatable bonds is 3. The van der Waals surface area contributed by atoms with Crippen molar-refractivity contribution < 1.29 is 4.79 Å². The van der Waals surface area contributed by atoms with Gasteiger partial charge in [0.25, 0.3) is 0 Å². The van der Waals surface area contributed by atoms with Crippen LogP contribution in [0.25, 0.3) is 0 Å². The van der Waals surface area contributed by atoms with Gasteiger partial charge in [-0.25, -0.2) is 5.43 Å². The summed E-state index contributed by atoms with van der Waals surface area (Å²) in [5.41, 5.74) is 5.20. The Bertz CT molecular complexity index is 534. The third kappa shape index (κ3) is 2.37. The second kappa shape index (κ2) is 5.04. The Hall–Kier alpha value is -1.64. The summed E-state index contributed by atoms with van der Waals surface area (Å²) < 4.78 is 0. The van der Waals surface area contributed by atoms with Gasteiger partial charge in [-0.2, -0.15) is 5.10 Å².